The summed E-state index contributed by atoms with van der Waals surface area (Å²) in [4.78, 5) is 36.2. The molecule has 154 valence electrons. The van der Waals surface area contributed by atoms with Crippen LogP contribution in [0.5, 0.6) is 0 Å². The molecule has 0 heterocycles. The molecule has 0 atom stereocenters. The fraction of sp³-hybridized carbons (Fsp3) is 0.240. The van der Waals surface area contributed by atoms with Crippen LogP contribution in [0.25, 0.3) is 10.8 Å². The molecule has 0 saturated carbocycles. The first-order chi connectivity index (χ1) is 14.5. The predicted octanol–water partition coefficient (Wildman–Crippen LogP) is 4.94. The Bertz CT molecular complexity index is 1040. The average molecular weight is 403 g/mol. The zero-order chi connectivity index (χ0) is 21.3. The van der Waals surface area contributed by atoms with E-state index < -0.39 is 11.9 Å². The van der Waals surface area contributed by atoms with E-state index >= 15 is 0 Å². The van der Waals surface area contributed by atoms with Crippen LogP contribution in [0, 0.1) is 0 Å². The molecule has 3 aromatic carbocycles. The lowest BCUT2D eigenvalue weighted by Crippen LogP contribution is -2.21. The molecule has 0 fully saturated rings. The number of ketones is 1. The number of esters is 1. The molecule has 0 spiro atoms. The summed E-state index contributed by atoms with van der Waals surface area (Å²) >= 11 is 0. The number of benzene rings is 3. The number of hydrogen-bond donors (Lipinski definition) is 1. The summed E-state index contributed by atoms with van der Waals surface area (Å²) < 4.78 is 5.00. The highest BCUT2D eigenvalue weighted by molar-refractivity contribution is 5.98. The molecule has 0 aliphatic heterocycles. The van der Waals surface area contributed by atoms with E-state index in [-0.39, 0.29) is 25.2 Å². The van der Waals surface area contributed by atoms with Gasteiger partial charge in [0.05, 0.1) is 6.42 Å². The number of nitrogens with one attached hydrogen (secondary N) is 1. The first-order valence-corrected chi connectivity index (χ1v) is 10.1. The van der Waals surface area contributed by atoms with Crippen molar-refractivity contribution >= 4 is 34.1 Å². The van der Waals surface area contributed by atoms with Gasteiger partial charge in [-0.25, -0.2) is 0 Å². The van der Waals surface area contributed by atoms with Crippen molar-refractivity contribution in [2.75, 3.05) is 11.9 Å². The topological polar surface area (TPSA) is 72.5 Å². The van der Waals surface area contributed by atoms with Crippen LogP contribution in [0.4, 0.5) is 5.69 Å². The molecule has 3 rings (SSSR count). The Morgan fingerprint density at radius 3 is 2.33 bits per heavy atom. The van der Waals surface area contributed by atoms with Crippen molar-refractivity contribution in [3.05, 3.63) is 77.9 Å². The van der Waals surface area contributed by atoms with E-state index in [9.17, 15) is 14.4 Å². The third kappa shape index (κ3) is 6.01. The normalized spacial score (nSPS) is 10.6. The van der Waals surface area contributed by atoms with E-state index in [1.807, 2.05) is 48.5 Å². The fourth-order valence-corrected chi connectivity index (χ4v) is 3.19. The summed E-state index contributed by atoms with van der Waals surface area (Å²) in [7, 11) is 0. The van der Waals surface area contributed by atoms with Gasteiger partial charge < -0.3 is 10.1 Å². The number of ether oxygens (including phenoxy) is 1. The second-order valence-electron chi connectivity index (χ2n) is 7.14. The predicted molar refractivity (Wildman–Crippen MR) is 118 cm³/mol. The second-order valence-corrected chi connectivity index (χ2v) is 7.14. The fourth-order valence-electron chi connectivity index (χ4n) is 3.19. The Kier molecular flexibility index (Phi) is 7.33. The molecule has 0 radical (unpaired) electrons. The summed E-state index contributed by atoms with van der Waals surface area (Å²) in [5, 5.41) is 4.80. The number of anilines is 1. The van der Waals surface area contributed by atoms with Gasteiger partial charge in [-0.2, -0.15) is 0 Å². The van der Waals surface area contributed by atoms with Gasteiger partial charge in [-0.1, -0.05) is 67.9 Å². The molecule has 5 heteroatoms. The third-order valence-corrected chi connectivity index (χ3v) is 4.77. The van der Waals surface area contributed by atoms with Crippen molar-refractivity contribution in [3.63, 3.8) is 0 Å². The van der Waals surface area contributed by atoms with Crippen LogP contribution in [-0.2, 0) is 20.7 Å². The van der Waals surface area contributed by atoms with E-state index in [1.54, 1.807) is 18.2 Å². The Morgan fingerprint density at radius 1 is 0.867 bits per heavy atom. The van der Waals surface area contributed by atoms with Gasteiger partial charge in [-0.05, 0) is 34.9 Å². The van der Waals surface area contributed by atoms with Gasteiger partial charge in [0, 0.05) is 17.7 Å². The summed E-state index contributed by atoms with van der Waals surface area (Å²) in [6, 6.07) is 20.8. The SMILES string of the molecule is CCCc1ccc(C(=O)CCC(=O)OCC(=O)Nc2ccc3ccccc3c2)cc1. The maximum atomic E-state index is 12.2. The van der Waals surface area contributed by atoms with Crippen LogP contribution < -0.4 is 5.32 Å². The van der Waals surface area contributed by atoms with Crippen LogP contribution in [0.2, 0.25) is 0 Å². The minimum absolute atomic E-state index is 0.0538. The number of amides is 1. The van der Waals surface area contributed by atoms with Crippen LogP contribution in [0.15, 0.2) is 66.7 Å². The maximum absolute atomic E-state index is 12.2. The molecule has 1 amide bonds. The largest absolute Gasteiger partial charge is 0.456 e. The Morgan fingerprint density at radius 2 is 1.60 bits per heavy atom. The molecule has 30 heavy (non-hydrogen) atoms. The van der Waals surface area contributed by atoms with Crippen LogP contribution >= 0.6 is 0 Å². The molecule has 0 saturated heterocycles. The maximum Gasteiger partial charge on any atom is 0.306 e. The average Bonchev–Trinajstić information content (AvgIpc) is 2.76. The van der Waals surface area contributed by atoms with E-state index in [2.05, 4.69) is 12.2 Å². The van der Waals surface area contributed by atoms with E-state index in [1.165, 1.54) is 5.56 Å². The van der Waals surface area contributed by atoms with Crippen molar-refractivity contribution in [1.82, 2.24) is 0 Å². The van der Waals surface area contributed by atoms with Crippen molar-refractivity contribution in [2.45, 2.75) is 32.6 Å². The molecule has 3 aromatic rings. The Labute approximate surface area is 176 Å². The van der Waals surface area contributed by atoms with Crippen molar-refractivity contribution in [2.24, 2.45) is 0 Å². The highest BCUT2D eigenvalue weighted by Crippen LogP contribution is 2.18. The number of carbonyl (C=O) groups excluding carboxylic acids is 3. The van der Waals surface area contributed by atoms with Crippen LogP contribution in [0.3, 0.4) is 0 Å². The van der Waals surface area contributed by atoms with E-state index in [4.69, 9.17) is 4.74 Å². The molecule has 1 N–H and O–H groups in total. The number of hydrogen-bond acceptors (Lipinski definition) is 4. The molecule has 0 aliphatic carbocycles. The van der Waals surface area contributed by atoms with Gasteiger partial charge in [0.1, 0.15) is 0 Å². The third-order valence-electron chi connectivity index (χ3n) is 4.77. The lowest BCUT2D eigenvalue weighted by molar-refractivity contribution is -0.147. The van der Waals surface area contributed by atoms with Crippen LogP contribution in [-0.4, -0.2) is 24.3 Å². The smallest absolute Gasteiger partial charge is 0.306 e. The van der Waals surface area contributed by atoms with Gasteiger partial charge in [0.25, 0.3) is 5.91 Å². The zero-order valence-electron chi connectivity index (χ0n) is 17.0. The second kappa shape index (κ2) is 10.3. The summed E-state index contributed by atoms with van der Waals surface area (Å²) in [6.45, 7) is 1.72. The van der Waals surface area contributed by atoms with Gasteiger partial charge in [0.15, 0.2) is 12.4 Å². The number of carbonyl (C=O) groups is 3. The zero-order valence-corrected chi connectivity index (χ0v) is 17.0. The number of aryl methyl sites for hydroxylation is 1. The van der Waals surface area contributed by atoms with Gasteiger partial charge >= 0.3 is 5.97 Å². The molecular formula is C25H25NO4. The van der Waals surface area contributed by atoms with E-state index in [0.29, 0.717) is 11.3 Å². The number of rotatable bonds is 9. The van der Waals surface area contributed by atoms with Gasteiger partial charge in [-0.3, -0.25) is 14.4 Å². The van der Waals surface area contributed by atoms with Crippen LogP contribution in [0.1, 0.15) is 42.1 Å². The molecule has 0 unspecified atom stereocenters. The standard InChI is InChI=1S/C25H25NO4/c1-2-5-18-8-10-20(11-9-18)23(27)14-15-25(29)30-17-24(28)26-22-13-12-19-6-3-4-7-21(19)16-22/h3-4,6-13,16H,2,5,14-15,17H2,1H3,(H,26,28). The van der Waals surface area contributed by atoms with Crippen molar-refractivity contribution in [3.8, 4) is 0 Å². The van der Waals surface area contributed by atoms with E-state index in [0.717, 1.165) is 23.6 Å². The Hall–Kier alpha value is -3.47. The quantitative estimate of drug-likeness (QED) is 0.406. The highest BCUT2D eigenvalue weighted by Gasteiger charge is 2.12. The first-order valence-electron chi connectivity index (χ1n) is 10.1. The first kappa shape index (κ1) is 21.2. The molecule has 0 bridgehead atoms. The molecular weight excluding hydrogens is 378 g/mol. The summed E-state index contributed by atoms with van der Waals surface area (Å²) in [5.74, 6) is -1.10. The molecule has 0 aliphatic rings. The van der Waals surface area contributed by atoms with Crippen molar-refractivity contribution in [1.29, 1.82) is 0 Å². The lowest BCUT2D eigenvalue weighted by atomic mass is 10.0. The van der Waals surface area contributed by atoms with Crippen molar-refractivity contribution < 1.29 is 19.1 Å². The molecule has 0 aromatic heterocycles. The minimum Gasteiger partial charge on any atom is -0.456 e. The number of fused-ring (bicyclic) bond motifs is 1. The molecule has 5 nitrogen and oxygen atoms in total. The highest BCUT2D eigenvalue weighted by atomic mass is 16.5. The van der Waals surface area contributed by atoms with Gasteiger partial charge in [0.2, 0.25) is 0 Å². The lowest BCUT2D eigenvalue weighted by Gasteiger charge is -2.08. The Balaban J connectivity index is 1.42. The van der Waals surface area contributed by atoms with Gasteiger partial charge in [-0.15, -0.1) is 0 Å². The minimum atomic E-state index is -0.570. The summed E-state index contributed by atoms with van der Waals surface area (Å²) in [6.07, 6.45) is 2.02. The summed E-state index contributed by atoms with van der Waals surface area (Å²) in [5.41, 5.74) is 2.40. The monoisotopic (exact) mass is 403 g/mol. The number of Topliss-reactive ketones (excluding diaryl/α,β-unsaturated/α-hetero) is 1.